The second kappa shape index (κ2) is 10.3. The summed E-state index contributed by atoms with van der Waals surface area (Å²) in [5, 5.41) is 2.74. The van der Waals surface area contributed by atoms with Crippen LogP contribution in [-0.2, 0) is 20.6 Å². The van der Waals surface area contributed by atoms with Crippen LogP contribution in [-0.4, -0.2) is 46.5 Å². The number of sulfonamides is 1. The number of amides is 1. The van der Waals surface area contributed by atoms with Crippen LogP contribution in [0.2, 0.25) is 0 Å². The monoisotopic (exact) mass is 426 g/mol. The van der Waals surface area contributed by atoms with Crippen LogP contribution >= 0.6 is 11.8 Å². The minimum Gasteiger partial charge on any atom is -0.484 e. The van der Waals surface area contributed by atoms with E-state index in [0.29, 0.717) is 35.1 Å². The molecule has 28 heavy (non-hydrogen) atoms. The lowest BCUT2D eigenvalue weighted by Crippen LogP contribution is -2.30. The molecule has 152 valence electrons. The van der Waals surface area contributed by atoms with E-state index < -0.39 is 10.0 Å². The summed E-state index contributed by atoms with van der Waals surface area (Å²) in [6.07, 6.45) is 1.12. The summed E-state index contributed by atoms with van der Waals surface area (Å²) in [5.41, 5.74) is 1.15. The first-order valence-corrected chi connectivity index (χ1v) is 11.5. The zero-order valence-electron chi connectivity index (χ0n) is 15.7. The van der Waals surface area contributed by atoms with Crippen LogP contribution in [0.15, 0.2) is 48.5 Å². The molecular formula is C19H23FN2O4S2. The number of nitrogens with zero attached hydrogens (tertiary/aromatic N) is 1. The second-order valence-corrected chi connectivity index (χ2v) is 9.13. The molecule has 0 radical (unpaired) electrons. The van der Waals surface area contributed by atoms with Crippen LogP contribution in [0.5, 0.6) is 5.75 Å². The van der Waals surface area contributed by atoms with Gasteiger partial charge in [-0.15, -0.1) is 0 Å². The molecule has 0 atom stereocenters. The molecule has 0 aliphatic heterocycles. The molecule has 0 bridgehead atoms. The van der Waals surface area contributed by atoms with E-state index in [2.05, 4.69) is 5.32 Å². The Labute approximate surface area is 169 Å². The van der Waals surface area contributed by atoms with Gasteiger partial charge < -0.3 is 10.1 Å². The number of carbonyl (C=O) groups is 1. The van der Waals surface area contributed by atoms with E-state index in [4.69, 9.17) is 4.74 Å². The van der Waals surface area contributed by atoms with E-state index in [1.54, 1.807) is 42.5 Å². The fraction of sp³-hybridized carbons (Fsp3) is 0.316. The highest BCUT2D eigenvalue weighted by Gasteiger charge is 2.11. The van der Waals surface area contributed by atoms with Gasteiger partial charge in [0.1, 0.15) is 11.6 Å². The van der Waals surface area contributed by atoms with Crippen LogP contribution < -0.4 is 14.4 Å². The minimum atomic E-state index is -3.32. The fourth-order valence-corrected chi connectivity index (χ4v) is 3.55. The van der Waals surface area contributed by atoms with Crippen molar-refractivity contribution in [2.45, 2.75) is 5.75 Å². The average molecular weight is 427 g/mol. The predicted molar refractivity (Wildman–Crippen MR) is 111 cm³/mol. The van der Waals surface area contributed by atoms with E-state index in [1.807, 2.05) is 0 Å². The van der Waals surface area contributed by atoms with Crippen molar-refractivity contribution in [3.05, 3.63) is 59.9 Å². The number of halogens is 1. The molecule has 9 heteroatoms. The Balaban J connectivity index is 1.66. The average Bonchev–Trinajstić information content (AvgIpc) is 2.66. The SMILES string of the molecule is CN(c1ccc(OCC(=O)NCCSCc2ccccc2F)cc1)S(C)(=O)=O. The molecule has 1 amide bonds. The number of nitrogens with one attached hydrogen (secondary N) is 1. The van der Waals surface area contributed by atoms with E-state index in [0.717, 1.165) is 10.6 Å². The topological polar surface area (TPSA) is 75.7 Å². The first-order valence-electron chi connectivity index (χ1n) is 8.52. The van der Waals surface area contributed by atoms with Crippen molar-refractivity contribution >= 4 is 33.4 Å². The van der Waals surface area contributed by atoms with Gasteiger partial charge in [-0.05, 0) is 35.9 Å². The molecule has 0 aromatic heterocycles. The molecule has 0 unspecified atom stereocenters. The maximum Gasteiger partial charge on any atom is 0.257 e. The third-order valence-corrected chi connectivity index (χ3v) is 6.07. The van der Waals surface area contributed by atoms with Gasteiger partial charge in [0.05, 0.1) is 11.9 Å². The van der Waals surface area contributed by atoms with Gasteiger partial charge in [0, 0.05) is 25.1 Å². The summed E-state index contributed by atoms with van der Waals surface area (Å²) in [5.74, 6) is 1.19. The molecule has 0 fully saturated rings. The summed E-state index contributed by atoms with van der Waals surface area (Å²) in [6, 6.07) is 13.0. The molecule has 2 aromatic rings. The number of hydrogen-bond donors (Lipinski definition) is 1. The fourth-order valence-electron chi connectivity index (χ4n) is 2.20. The van der Waals surface area contributed by atoms with Crippen LogP contribution in [0, 0.1) is 5.82 Å². The Bertz CT molecular complexity index is 889. The molecule has 0 saturated carbocycles. The molecular weight excluding hydrogens is 403 g/mol. The van der Waals surface area contributed by atoms with E-state index in [1.165, 1.54) is 24.9 Å². The first-order chi connectivity index (χ1) is 13.3. The molecule has 0 heterocycles. The largest absolute Gasteiger partial charge is 0.484 e. The Morgan fingerprint density at radius 3 is 2.50 bits per heavy atom. The molecule has 0 aliphatic rings. The molecule has 2 aromatic carbocycles. The van der Waals surface area contributed by atoms with E-state index in [-0.39, 0.29) is 18.3 Å². The Hall–Kier alpha value is -2.26. The number of thioether (sulfide) groups is 1. The van der Waals surface area contributed by atoms with E-state index >= 15 is 0 Å². The molecule has 1 N–H and O–H groups in total. The summed E-state index contributed by atoms with van der Waals surface area (Å²) in [7, 11) is -1.86. The molecule has 0 saturated heterocycles. The second-order valence-electron chi connectivity index (χ2n) is 6.01. The molecule has 2 rings (SSSR count). The van der Waals surface area contributed by atoms with Crippen molar-refractivity contribution in [2.24, 2.45) is 0 Å². The summed E-state index contributed by atoms with van der Waals surface area (Å²) >= 11 is 1.53. The lowest BCUT2D eigenvalue weighted by atomic mass is 10.2. The third kappa shape index (κ3) is 7.05. The van der Waals surface area contributed by atoms with Gasteiger partial charge in [0.25, 0.3) is 5.91 Å². The van der Waals surface area contributed by atoms with Crippen molar-refractivity contribution in [3.8, 4) is 5.75 Å². The van der Waals surface area contributed by atoms with Gasteiger partial charge >= 0.3 is 0 Å². The summed E-state index contributed by atoms with van der Waals surface area (Å²) < 4.78 is 43.0. The van der Waals surface area contributed by atoms with Crippen molar-refractivity contribution in [1.82, 2.24) is 5.32 Å². The quantitative estimate of drug-likeness (QED) is 0.591. The Kier molecular flexibility index (Phi) is 8.13. The van der Waals surface area contributed by atoms with Gasteiger partial charge in [-0.3, -0.25) is 9.10 Å². The zero-order chi connectivity index (χ0) is 20.6. The van der Waals surface area contributed by atoms with Gasteiger partial charge in [-0.1, -0.05) is 18.2 Å². The van der Waals surface area contributed by atoms with Crippen molar-refractivity contribution in [1.29, 1.82) is 0 Å². The van der Waals surface area contributed by atoms with Gasteiger partial charge in [-0.2, -0.15) is 11.8 Å². The minimum absolute atomic E-state index is 0.140. The van der Waals surface area contributed by atoms with Gasteiger partial charge in [0.2, 0.25) is 10.0 Å². The normalized spacial score (nSPS) is 11.1. The molecule has 0 aliphatic carbocycles. The number of rotatable bonds is 10. The number of hydrogen-bond acceptors (Lipinski definition) is 5. The van der Waals surface area contributed by atoms with Crippen LogP contribution in [0.3, 0.4) is 0 Å². The van der Waals surface area contributed by atoms with Crippen LogP contribution in [0.4, 0.5) is 10.1 Å². The molecule has 6 nitrogen and oxygen atoms in total. The van der Waals surface area contributed by atoms with Gasteiger partial charge in [0.15, 0.2) is 6.61 Å². The molecule has 0 spiro atoms. The van der Waals surface area contributed by atoms with Crippen molar-refractivity contribution in [2.75, 3.05) is 36.5 Å². The number of anilines is 1. The van der Waals surface area contributed by atoms with Crippen molar-refractivity contribution < 1.29 is 22.3 Å². The lowest BCUT2D eigenvalue weighted by molar-refractivity contribution is -0.122. The number of carbonyl (C=O) groups excluding carboxylic acids is 1. The van der Waals surface area contributed by atoms with Crippen LogP contribution in [0.25, 0.3) is 0 Å². The highest BCUT2D eigenvalue weighted by atomic mass is 32.2. The van der Waals surface area contributed by atoms with E-state index in [9.17, 15) is 17.6 Å². The third-order valence-electron chi connectivity index (χ3n) is 3.85. The number of ether oxygens (including phenoxy) is 1. The van der Waals surface area contributed by atoms with Crippen molar-refractivity contribution in [3.63, 3.8) is 0 Å². The predicted octanol–water partition coefficient (Wildman–Crippen LogP) is 2.65. The first kappa shape index (κ1) is 22.0. The lowest BCUT2D eigenvalue weighted by Gasteiger charge is -2.16. The Morgan fingerprint density at radius 1 is 1.18 bits per heavy atom. The Morgan fingerprint density at radius 2 is 1.86 bits per heavy atom. The van der Waals surface area contributed by atoms with Gasteiger partial charge in [-0.25, -0.2) is 12.8 Å². The van der Waals surface area contributed by atoms with Crippen LogP contribution in [0.1, 0.15) is 5.56 Å². The smallest absolute Gasteiger partial charge is 0.257 e. The maximum absolute atomic E-state index is 13.5. The zero-order valence-corrected chi connectivity index (χ0v) is 17.4. The number of benzene rings is 2. The highest BCUT2D eigenvalue weighted by molar-refractivity contribution is 7.98. The summed E-state index contributed by atoms with van der Waals surface area (Å²) in [4.78, 5) is 11.8. The summed E-state index contributed by atoms with van der Waals surface area (Å²) in [6.45, 7) is 0.318. The maximum atomic E-state index is 13.5. The highest BCUT2D eigenvalue weighted by Crippen LogP contribution is 2.20. The standard InChI is InChI=1S/C19H23FN2O4S2/c1-22(28(2,24)25)16-7-9-17(10-8-16)26-13-19(23)21-11-12-27-14-15-5-3-4-6-18(15)20/h3-10H,11-14H2,1-2H3,(H,21,23).